The number of esters is 1. The lowest BCUT2D eigenvalue weighted by molar-refractivity contribution is -0.156. The van der Waals surface area contributed by atoms with Gasteiger partial charge in [0.15, 0.2) is 0 Å². The molecule has 1 aromatic rings. The van der Waals surface area contributed by atoms with E-state index in [9.17, 15) is 4.79 Å². The van der Waals surface area contributed by atoms with Crippen molar-refractivity contribution in [2.24, 2.45) is 5.92 Å². The molecule has 1 saturated heterocycles. The first kappa shape index (κ1) is 15.8. The second-order valence-corrected chi connectivity index (χ2v) is 6.24. The number of nitrogens with one attached hydrogen (secondary N) is 1. The van der Waals surface area contributed by atoms with Crippen LogP contribution < -0.4 is 5.32 Å². The van der Waals surface area contributed by atoms with Crippen LogP contribution in [0.1, 0.15) is 37.8 Å². The Kier molecular flexibility index (Phi) is 5.18. The largest absolute Gasteiger partial charge is 0.456 e. The fraction of sp³-hybridized carbons (Fsp3) is 0.500. The lowest BCUT2D eigenvalue weighted by atomic mass is 9.83. The summed E-state index contributed by atoms with van der Waals surface area (Å²) in [7, 11) is 0. The van der Waals surface area contributed by atoms with Crippen molar-refractivity contribution in [2.45, 2.75) is 39.2 Å². The van der Waals surface area contributed by atoms with Crippen LogP contribution in [0.25, 0.3) is 6.08 Å². The van der Waals surface area contributed by atoms with E-state index in [1.54, 1.807) is 0 Å². The molecule has 21 heavy (non-hydrogen) atoms. The Bertz CT molecular complexity index is 514. The van der Waals surface area contributed by atoms with Gasteiger partial charge in [-0.3, -0.25) is 0 Å². The topological polar surface area (TPSA) is 38.3 Å². The number of carbonyl (C=O) groups is 1. The van der Waals surface area contributed by atoms with E-state index in [2.05, 4.69) is 5.32 Å². The highest BCUT2D eigenvalue weighted by molar-refractivity contribution is 5.87. The number of aryl methyl sites for hydroxylation is 1. The minimum absolute atomic E-state index is 0.262. The number of ether oxygens (including phenoxy) is 1. The van der Waals surface area contributed by atoms with Gasteiger partial charge in [-0.15, -0.1) is 0 Å². The molecule has 1 aromatic carbocycles. The maximum absolute atomic E-state index is 12.1. The highest BCUT2D eigenvalue weighted by Crippen LogP contribution is 2.29. The summed E-state index contributed by atoms with van der Waals surface area (Å²) in [6.07, 6.45) is 5.48. The van der Waals surface area contributed by atoms with Crippen LogP contribution in [-0.2, 0) is 9.53 Å². The number of benzene rings is 1. The normalized spacial score (nSPS) is 17.1. The smallest absolute Gasteiger partial charge is 0.331 e. The molecule has 1 aliphatic rings. The number of carbonyl (C=O) groups excluding carboxylic acids is 1. The molecular weight excluding hydrogens is 262 g/mol. The fourth-order valence-electron chi connectivity index (χ4n) is 2.83. The molecule has 3 nitrogen and oxygen atoms in total. The Labute approximate surface area is 127 Å². The Morgan fingerprint density at radius 3 is 2.62 bits per heavy atom. The van der Waals surface area contributed by atoms with Crippen LogP contribution in [-0.4, -0.2) is 24.7 Å². The van der Waals surface area contributed by atoms with E-state index in [-0.39, 0.29) is 5.97 Å². The average Bonchev–Trinajstić information content (AvgIpc) is 2.47. The molecule has 0 amide bonds. The Hall–Kier alpha value is -1.61. The number of hydrogen-bond acceptors (Lipinski definition) is 3. The maximum atomic E-state index is 12.1. The van der Waals surface area contributed by atoms with E-state index in [1.165, 1.54) is 6.08 Å². The molecule has 1 aliphatic heterocycles. The van der Waals surface area contributed by atoms with Gasteiger partial charge in [0.1, 0.15) is 5.60 Å². The van der Waals surface area contributed by atoms with Gasteiger partial charge in [0.2, 0.25) is 0 Å². The lowest BCUT2D eigenvalue weighted by Crippen LogP contribution is -2.42. The summed E-state index contributed by atoms with van der Waals surface area (Å²) in [6, 6.07) is 7.99. The van der Waals surface area contributed by atoms with Crippen molar-refractivity contribution in [3.05, 3.63) is 41.5 Å². The molecule has 1 heterocycles. The molecule has 1 N–H and O–H groups in total. The van der Waals surface area contributed by atoms with Gasteiger partial charge in [0, 0.05) is 12.0 Å². The summed E-state index contributed by atoms with van der Waals surface area (Å²) < 4.78 is 5.69. The molecule has 0 radical (unpaired) electrons. The molecule has 0 bridgehead atoms. The van der Waals surface area contributed by atoms with E-state index in [0.29, 0.717) is 5.92 Å². The minimum Gasteiger partial charge on any atom is -0.456 e. The SMILES string of the molecule is Cc1ccccc1/C=C/C(=O)OC(C)(C)C1CCNCC1. The summed E-state index contributed by atoms with van der Waals surface area (Å²) in [5, 5.41) is 3.34. The second kappa shape index (κ2) is 6.90. The van der Waals surface area contributed by atoms with Crippen LogP contribution in [0.2, 0.25) is 0 Å². The van der Waals surface area contributed by atoms with Crippen LogP contribution >= 0.6 is 0 Å². The third kappa shape index (κ3) is 4.43. The van der Waals surface area contributed by atoms with Gasteiger partial charge in [0.25, 0.3) is 0 Å². The van der Waals surface area contributed by atoms with Gasteiger partial charge in [-0.25, -0.2) is 4.79 Å². The third-order valence-corrected chi connectivity index (χ3v) is 4.27. The molecule has 114 valence electrons. The van der Waals surface area contributed by atoms with Gasteiger partial charge in [-0.2, -0.15) is 0 Å². The fourth-order valence-corrected chi connectivity index (χ4v) is 2.83. The van der Waals surface area contributed by atoms with Gasteiger partial charge in [0.05, 0.1) is 0 Å². The first-order chi connectivity index (χ1) is 9.99. The van der Waals surface area contributed by atoms with Gasteiger partial charge in [-0.05, 0) is 63.9 Å². The van der Waals surface area contributed by atoms with Crippen LogP contribution in [0.5, 0.6) is 0 Å². The third-order valence-electron chi connectivity index (χ3n) is 4.27. The van der Waals surface area contributed by atoms with Crippen molar-refractivity contribution in [3.8, 4) is 0 Å². The van der Waals surface area contributed by atoms with Crippen molar-refractivity contribution >= 4 is 12.0 Å². The first-order valence-corrected chi connectivity index (χ1v) is 7.66. The summed E-state index contributed by atoms with van der Waals surface area (Å²) >= 11 is 0. The highest BCUT2D eigenvalue weighted by atomic mass is 16.6. The van der Waals surface area contributed by atoms with Gasteiger partial charge in [-0.1, -0.05) is 24.3 Å². The lowest BCUT2D eigenvalue weighted by Gasteiger charge is -2.36. The van der Waals surface area contributed by atoms with Gasteiger partial charge >= 0.3 is 5.97 Å². The molecular formula is C18H25NO2. The molecule has 0 unspecified atom stereocenters. The van der Waals surface area contributed by atoms with Crippen LogP contribution in [0, 0.1) is 12.8 Å². The Morgan fingerprint density at radius 1 is 1.29 bits per heavy atom. The zero-order valence-electron chi connectivity index (χ0n) is 13.2. The molecule has 0 saturated carbocycles. The van der Waals surface area contributed by atoms with E-state index < -0.39 is 5.60 Å². The van der Waals surface area contributed by atoms with Crippen molar-refractivity contribution < 1.29 is 9.53 Å². The summed E-state index contributed by atoms with van der Waals surface area (Å²) in [5.74, 6) is 0.163. The standard InChI is InChI=1S/C18H25NO2/c1-14-6-4-5-7-15(14)8-9-17(20)21-18(2,3)16-10-12-19-13-11-16/h4-9,16,19H,10-13H2,1-3H3/b9-8+. The van der Waals surface area contributed by atoms with Crippen molar-refractivity contribution in [1.29, 1.82) is 0 Å². The Balaban J connectivity index is 1.96. The molecule has 0 aromatic heterocycles. The average molecular weight is 287 g/mol. The van der Waals surface area contributed by atoms with E-state index >= 15 is 0 Å². The van der Waals surface area contributed by atoms with Crippen LogP contribution in [0.3, 0.4) is 0 Å². The summed E-state index contributed by atoms with van der Waals surface area (Å²) in [4.78, 5) is 12.1. The van der Waals surface area contributed by atoms with Crippen molar-refractivity contribution in [2.75, 3.05) is 13.1 Å². The predicted octanol–water partition coefficient (Wildman–Crippen LogP) is 3.33. The summed E-state index contributed by atoms with van der Waals surface area (Å²) in [5.41, 5.74) is 1.79. The predicted molar refractivity (Wildman–Crippen MR) is 86.0 cm³/mol. The monoisotopic (exact) mass is 287 g/mol. The minimum atomic E-state index is -0.407. The molecule has 2 rings (SSSR count). The maximum Gasteiger partial charge on any atom is 0.331 e. The van der Waals surface area contributed by atoms with E-state index in [4.69, 9.17) is 4.74 Å². The molecule has 1 fully saturated rings. The molecule has 3 heteroatoms. The first-order valence-electron chi connectivity index (χ1n) is 7.66. The molecule has 0 spiro atoms. The Morgan fingerprint density at radius 2 is 1.95 bits per heavy atom. The zero-order valence-corrected chi connectivity index (χ0v) is 13.2. The van der Waals surface area contributed by atoms with Crippen molar-refractivity contribution in [1.82, 2.24) is 5.32 Å². The second-order valence-electron chi connectivity index (χ2n) is 6.24. The van der Waals surface area contributed by atoms with Crippen LogP contribution in [0.15, 0.2) is 30.3 Å². The quantitative estimate of drug-likeness (QED) is 0.682. The molecule has 0 aliphatic carbocycles. The molecule has 0 atom stereocenters. The number of piperidine rings is 1. The van der Waals surface area contributed by atoms with Gasteiger partial charge < -0.3 is 10.1 Å². The number of hydrogen-bond donors (Lipinski definition) is 1. The zero-order chi connectivity index (χ0) is 15.3. The summed E-state index contributed by atoms with van der Waals surface area (Å²) in [6.45, 7) is 8.07. The highest BCUT2D eigenvalue weighted by Gasteiger charge is 2.33. The van der Waals surface area contributed by atoms with Crippen LogP contribution in [0.4, 0.5) is 0 Å². The van der Waals surface area contributed by atoms with E-state index in [1.807, 2.05) is 51.1 Å². The van der Waals surface area contributed by atoms with Crippen molar-refractivity contribution in [3.63, 3.8) is 0 Å². The van der Waals surface area contributed by atoms with E-state index in [0.717, 1.165) is 37.1 Å². The number of rotatable bonds is 4.